The Kier molecular flexibility index (Phi) is 8.49. The van der Waals surface area contributed by atoms with Gasteiger partial charge in [-0.3, -0.25) is 0 Å². The van der Waals surface area contributed by atoms with E-state index in [0.717, 1.165) is 50.4 Å². The van der Waals surface area contributed by atoms with Crippen molar-refractivity contribution in [1.82, 2.24) is 15.0 Å². The maximum atomic E-state index is 6.78. The lowest BCUT2D eigenvalue weighted by Crippen LogP contribution is -2.34. The molecule has 1 aromatic heterocycles. The third-order valence-corrected chi connectivity index (χ3v) is 9.32. The van der Waals surface area contributed by atoms with Crippen LogP contribution in [0.5, 0.6) is 11.5 Å². The van der Waals surface area contributed by atoms with E-state index in [4.69, 9.17) is 19.7 Å². The lowest BCUT2D eigenvalue weighted by molar-refractivity contribution is 0.434. The molecule has 0 saturated heterocycles. The second kappa shape index (κ2) is 13.7. The Morgan fingerprint density at radius 2 is 1.04 bits per heavy atom. The van der Waals surface area contributed by atoms with Crippen LogP contribution in [0.4, 0.5) is 0 Å². The van der Waals surface area contributed by atoms with E-state index in [1.807, 2.05) is 54.6 Å². The molecule has 8 rings (SSSR count). The van der Waals surface area contributed by atoms with Gasteiger partial charge in [-0.15, -0.1) is 0 Å². The molecular formula is C47H35N3O. The number of hydrogen-bond acceptors (Lipinski definition) is 4. The molecule has 0 amide bonds. The summed E-state index contributed by atoms with van der Waals surface area (Å²) in [6.07, 6.45) is 9.28. The van der Waals surface area contributed by atoms with Crippen molar-refractivity contribution in [3.63, 3.8) is 0 Å². The summed E-state index contributed by atoms with van der Waals surface area (Å²) in [5, 5.41) is 0. The molecular weight excluding hydrogens is 623 g/mol. The Morgan fingerprint density at radius 1 is 0.510 bits per heavy atom. The van der Waals surface area contributed by atoms with Crippen molar-refractivity contribution in [3.8, 4) is 45.4 Å². The SMILES string of the molecule is C=C/C=C\C=C\c1nc(-c2ccccc2)nc(-c2ccc(-c3ccc4c(c3)Oc3cc(C)ccc3C4(c3ccccc3)c3ccccc3)cc2)n1. The third kappa shape index (κ3) is 5.98. The van der Waals surface area contributed by atoms with Crippen LogP contribution in [0.3, 0.4) is 0 Å². The van der Waals surface area contributed by atoms with Gasteiger partial charge in [0.25, 0.3) is 0 Å². The van der Waals surface area contributed by atoms with Gasteiger partial charge in [0.2, 0.25) is 0 Å². The van der Waals surface area contributed by atoms with Gasteiger partial charge in [-0.1, -0.05) is 170 Å². The van der Waals surface area contributed by atoms with Gasteiger partial charge in [0.05, 0.1) is 5.41 Å². The van der Waals surface area contributed by atoms with Crippen LogP contribution >= 0.6 is 0 Å². The van der Waals surface area contributed by atoms with E-state index in [1.54, 1.807) is 6.08 Å². The van der Waals surface area contributed by atoms with Crippen LogP contribution < -0.4 is 4.74 Å². The number of rotatable bonds is 8. The smallest absolute Gasteiger partial charge is 0.164 e. The fourth-order valence-corrected chi connectivity index (χ4v) is 6.96. The lowest BCUT2D eigenvalue weighted by Gasteiger charge is -2.41. The maximum absolute atomic E-state index is 6.78. The largest absolute Gasteiger partial charge is 0.457 e. The molecule has 0 saturated carbocycles. The normalized spacial score (nSPS) is 13.0. The lowest BCUT2D eigenvalue weighted by atomic mass is 9.63. The molecule has 7 aromatic rings. The van der Waals surface area contributed by atoms with E-state index < -0.39 is 5.41 Å². The van der Waals surface area contributed by atoms with Gasteiger partial charge < -0.3 is 4.74 Å². The molecule has 51 heavy (non-hydrogen) atoms. The van der Waals surface area contributed by atoms with E-state index in [2.05, 4.69) is 135 Å². The second-order valence-electron chi connectivity index (χ2n) is 12.6. The van der Waals surface area contributed by atoms with Crippen LogP contribution in [0.25, 0.3) is 40.0 Å². The summed E-state index contributed by atoms with van der Waals surface area (Å²) in [4.78, 5) is 14.4. The highest BCUT2D eigenvalue weighted by atomic mass is 16.5. The van der Waals surface area contributed by atoms with Crippen LogP contribution in [-0.4, -0.2) is 15.0 Å². The van der Waals surface area contributed by atoms with Crippen molar-refractivity contribution in [1.29, 1.82) is 0 Å². The highest BCUT2D eigenvalue weighted by Gasteiger charge is 2.45. The molecule has 0 fully saturated rings. The van der Waals surface area contributed by atoms with Gasteiger partial charge in [-0.25, -0.2) is 15.0 Å². The van der Waals surface area contributed by atoms with Crippen LogP contribution in [0.1, 0.15) is 33.6 Å². The first kappa shape index (κ1) is 31.6. The number of ether oxygens (including phenoxy) is 1. The molecule has 0 aliphatic carbocycles. The van der Waals surface area contributed by atoms with Gasteiger partial charge in [0.15, 0.2) is 17.5 Å². The zero-order valence-corrected chi connectivity index (χ0v) is 28.3. The van der Waals surface area contributed by atoms with Crippen molar-refractivity contribution in [2.45, 2.75) is 12.3 Å². The van der Waals surface area contributed by atoms with Crippen LogP contribution in [0.2, 0.25) is 0 Å². The van der Waals surface area contributed by atoms with E-state index in [1.165, 1.54) is 11.1 Å². The summed E-state index contributed by atoms with van der Waals surface area (Å²) in [7, 11) is 0. The summed E-state index contributed by atoms with van der Waals surface area (Å²) < 4.78 is 6.78. The summed E-state index contributed by atoms with van der Waals surface area (Å²) in [6.45, 7) is 5.85. The molecule has 0 atom stereocenters. The quantitative estimate of drug-likeness (QED) is 0.153. The van der Waals surface area contributed by atoms with Gasteiger partial charge in [0.1, 0.15) is 11.5 Å². The van der Waals surface area contributed by atoms with E-state index in [9.17, 15) is 0 Å². The molecule has 1 aliphatic heterocycles. The molecule has 0 radical (unpaired) electrons. The molecule has 0 N–H and O–H groups in total. The Morgan fingerprint density at radius 3 is 1.67 bits per heavy atom. The minimum absolute atomic E-state index is 0.551. The number of aryl methyl sites for hydroxylation is 1. The first-order valence-corrected chi connectivity index (χ1v) is 17.1. The molecule has 4 heteroatoms. The summed E-state index contributed by atoms with van der Waals surface area (Å²) in [5.74, 6) is 3.53. The van der Waals surface area contributed by atoms with Gasteiger partial charge in [-0.2, -0.15) is 0 Å². The number of allylic oxidation sites excluding steroid dienone is 4. The van der Waals surface area contributed by atoms with E-state index >= 15 is 0 Å². The Labute approximate surface area is 298 Å². The Balaban J connectivity index is 1.21. The first-order chi connectivity index (χ1) is 25.1. The zero-order chi connectivity index (χ0) is 34.6. The zero-order valence-electron chi connectivity index (χ0n) is 28.3. The number of fused-ring (bicyclic) bond motifs is 2. The summed E-state index contributed by atoms with van der Waals surface area (Å²) >= 11 is 0. The third-order valence-electron chi connectivity index (χ3n) is 9.32. The van der Waals surface area contributed by atoms with Crippen molar-refractivity contribution in [3.05, 3.63) is 216 Å². The Bertz CT molecular complexity index is 2360. The highest BCUT2D eigenvalue weighted by molar-refractivity contribution is 5.75. The average Bonchev–Trinajstić information content (AvgIpc) is 3.19. The number of aromatic nitrogens is 3. The summed E-state index contributed by atoms with van der Waals surface area (Å²) in [5.41, 5.74) is 9.20. The van der Waals surface area contributed by atoms with E-state index in [-0.39, 0.29) is 0 Å². The summed E-state index contributed by atoms with van der Waals surface area (Å²) in [6, 6.07) is 53.0. The molecule has 2 heterocycles. The molecule has 0 spiro atoms. The number of hydrogen-bond donors (Lipinski definition) is 0. The van der Waals surface area contributed by atoms with Crippen molar-refractivity contribution >= 4 is 6.08 Å². The van der Waals surface area contributed by atoms with Crippen LogP contribution in [-0.2, 0) is 5.41 Å². The van der Waals surface area contributed by atoms with Gasteiger partial charge >= 0.3 is 0 Å². The molecule has 1 aliphatic rings. The van der Waals surface area contributed by atoms with Crippen molar-refractivity contribution < 1.29 is 4.74 Å². The van der Waals surface area contributed by atoms with Gasteiger partial charge in [0, 0.05) is 22.3 Å². The van der Waals surface area contributed by atoms with Crippen molar-refractivity contribution in [2.75, 3.05) is 0 Å². The minimum Gasteiger partial charge on any atom is -0.457 e. The predicted octanol–water partition coefficient (Wildman–Crippen LogP) is 11.4. The number of benzene rings is 6. The topological polar surface area (TPSA) is 47.9 Å². The second-order valence-corrected chi connectivity index (χ2v) is 12.6. The monoisotopic (exact) mass is 657 g/mol. The van der Waals surface area contributed by atoms with Crippen molar-refractivity contribution in [2.24, 2.45) is 0 Å². The van der Waals surface area contributed by atoms with E-state index in [0.29, 0.717) is 17.5 Å². The molecule has 0 unspecified atom stereocenters. The molecule has 4 nitrogen and oxygen atoms in total. The molecule has 6 aromatic carbocycles. The van der Waals surface area contributed by atoms with Crippen LogP contribution in [0.15, 0.2) is 183 Å². The predicted molar refractivity (Wildman–Crippen MR) is 208 cm³/mol. The highest BCUT2D eigenvalue weighted by Crippen LogP contribution is 2.56. The fraction of sp³-hybridized carbons (Fsp3) is 0.0426. The average molecular weight is 658 g/mol. The molecule has 244 valence electrons. The maximum Gasteiger partial charge on any atom is 0.164 e. The first-order valence-electron chi connectivity index (χ1n) is 17.1. The molecule has 0 bridgehead atoms. The van der Waals surface area contributed by atoms with Crippen LogP contribution in [0, 0.1) is 6.92 Å². The fourth-order valence-electron chi connectivity index (χ4n) is 6.96. The van der Waals surface area contributed by atoms with Gasteiger partial charge in [-0.05, 0) is 52.9 Å². The Hall–Kier alpha value is -6.65. The standard InChI is InChI=1S/C47H35N3O/c1-3-4-5-15-22-44-48-45(35-16-9-6-10-17-35)50-46(49-44)36-26-24-34(25-27-36)37-28-30-41-43(32-37)51-42-31-33(2)23-29-40(42)47(41,38-18-11-7-12-19-38)39-20-13-8-14-21-39/h3-32H,1H2,2H3/b5-4-,22-15+. The minimum atomic E-state index is -0.551. The number of nitrogens with zero attached hydrogens (tertiary/aromatic N) is 3.